The summed E-state index contributed by atoms with van der Waals surface area (Å²) in [5.74, 6) is 0. The molecule has 0 bridgehead atoms. The molecule has 0 saturated heterocycles. The number of aromatic nitrogens is 2. The van der Waals surface area contributed by atoms with Crippen LogP contribution in [0.25, 0.3) is 93.8 Å². The Morgan fingerprint density at radius 3 is 1.98 bits per heavy atom. The minimum Gasteiger partial charge on any atom is -0.456 e. The van der Waals surface area contributed by atoms with E-state index in [1.807, 2.05) is 6.07 Å². The van der Waals surface area contributed by atoms with Crippen LogP contribution < -0.4 is 0 Å². The Morgan fingerprint density at radius 2 is 1.12 bits per heavy atom. The summed E-state index contributed by atoms with van der Waals surface area (Å²) in [6.07, 6.45) is 0. The first-order valence-electron chi connectivity index (χ1n) is 16.3. The molecule has 224 valence electrons. The van der Waals surface area contributed by atoms with Gasteiger partial charge < -0.3 is 8.98 Å². The topological polar surface area (TPSA) is 31.0 Å². The second-order valence-corrected chi connectivity index (χ2v) is 12.3. The maximum atomic E-state index is 6.63. The van der Waals surface area contributed by atoms with Crippen LogP contribution in [0.5, 0.6) is 0 Å². The van der Waals surface area contributed by atoms with E-state index in [9.17, 15) is 0 Å². The highest BCUT2D eigenvalue weighted by atomic mass is 16.3. The average molecular weight is 613 g/mol. The molecule has 0 unspecified atom stereocenters. The highest BCUT2D eigenvalue weighted by Gasteiger charge is 2.19. The summed E-state index contributed by atoms with van der Waals surface area (Å²) >= 11 is 0. The molecule has 0 fully saturated rings. The normalized spacial score (nSPS) is 11.8. The van der Waals surface area contributed by atoms with Crippen molar-refractivity contribution in [1.29, 1.82) is 0 Å². The highest BCUT2D eigenvalue weighted by molar-refractivity contribution is 6.17. The number of benzene rings is 7. The van der Waals surface area contributed by atoms with Crippen molar-refractivity contribution in [3.05, 3.63) is 170 Å². The lowest BCUT2D eigenvalue weighted by Crippen LogP contribution is -1.93. The molecule has 0 radical (unpaired) electrons. The molecule has 10 aromatic rings. The van der Waals surface area contributed by atoms with Crippen LogP contribution in [0, 0.1) is 0 Å². The monoisotopic (exact) mass is 612 g/mol. The van der Waals surface area contributed by atoms with Gasteiger partial charge in [-0.15, -0.1) is 0 Å². The smallest absolute Gasteiger partial charge is 0.137 e. The van der Waals surface area contributed by atoms with Crippen molar-refractivity contribution in [3.63, 3.8) is 0 Å². The molecule has 3 heteroatoms. The minimum absolute atomic E-state index is 0.851. The Kier molecular flexibility index (Phi) is 5.87. The molecule has 48 heavy (non-hydrogen) atoms. The molecular formula is C45H28N2O. The van der Waals surface area contributed by atoms with Crippen LogP contribution in [0.15, 0.2) is 174 Å². The molecule has 0 aliphatic rings. The van der Waals surface area contributed by atoms with Crippen molar-refractivity contribution in [2.75, 3.05) is 0 Å². The summed E-state index contributed by atoms with van der Waals surface area (Å²) in [6.45, 7) is 0. The van der Waals surface area contributed by atoms with Gasteiger partial charge in [-0.25, -0.2) is 4.98 Å². The van der Waals surface area contributed by atoms with Gasteiger partial charge in [0.05, 0.1) is 22.4 Å². The van der Waals surface area contributed by atoms with E-state index < -0.39 is 0 Å². The Labute approximate surface area is 277 Å². The number of rotatable bonds is 4. The van der Waals surface area contributed by atoms with Gasteiger partial charge in [-0.3, -0.25) is 0 Å². The summed E-state index contributed by atoms with van der Waals surface area (Å²) in [7, 11) is 0. The summed E-state index contributed by atoms with van der Waals surface area (Å²) in [6, 6.07) is 60.0. The Morgan fingerprint density at radius 1 is 0.438 bits per heavy atom. The fourth-order valence-corrected chi connectivity index (χ4v) is 7.48. The Bertz CT molecular complexity index is 2830. The van der Waals surface area contributed by atoms with Gasteiger partial charge in [0.15, 0.2) is 0 Å². The van der Waals surface area contributed by atoms with Gasteiger partial charge in [-0.2, -0.15) is 0 Å². The van der Waals surface area contributed by atoms with Crippen molar-refractivity contribution in [1.82, 2.24) is 9.55 Å². The predicted molar refractivity (Wildman–Crippen MR) is 200 cm³/mol. The lowest BCUT2D eigenvalue weighted by atomic mass is 9.98. The molecule has 0 saturated carbocycles. The van der Waals surface area contributed by atoms with Gasteiger partial charge in [0, 0.05) is 49.8 Å². The van der Waals surface area contributed by atoms with E-state index in [1.165, 1.54) is 32.9 Å². The molecule has 0 atom stereocenters. The molecule has 3 heterocycles. The third-order valence-corrected chi connectivity index (χ3v) is 9.58. The largest absolute Gasteiger partial charge is 0.456 e. The van der Waals surface area contributed by atoms with E-state index in [2.05, 4.69) is 168 Å². The van der Waals surface area contributed by atoms with E-state index in [0.717, 1.165) is 60.9 Å². The standard InChI is InChI=1S/C45H28N2O/c1-3-13-29(14-4-1)33-20-11-23-40-43(33)36-19-9-10-22-39(36)47(40)32-25-26-37-42(28-32)48-41-24-12-21-35(44(37)41)38-27-31-17-7-8-18-34(31)45(46-38)30-15-5-2-6-16-30/h1-28H. The number of para-hydroxylation sites is 1. The van der Waals surface area contributed by atoms with Crippen LogP contribution in [0.2, 0.25) is 0 Å². The van der Waals surface area contributed by atoms with E-state index in [0.29, 0.717) is 0 Å². The van der Waals surface area contributed by atoms with Gasteiger partial charge in [0.1, 0.15) is 11.2 Å². The number of pyridine rings is 1. The van der Waals surface area contributed by atoms with Crippen LogP contribution in [0.3, 0.4) is 0 Å². The van der Waals surface area contributed by atoms with E-state index in [-0.39, 0.29) is 0 Å². The summed E-state index contributed by atoms with van der Waals surface area (Å²) in [5.41, 5.74) is 11.6. The Balaban J connectivity index is 1.19. The van der Waals surface area contributed by atoms with Crippen LogP contribution in [-0.4, -0.2) is 9.55 Å². The van der Waals surface area contributed by atoms with Crippen molar-refractivity contribution < 1.29 is 4.42 Å². The number of furan rings is 1. The molecule has 0 amide bonds. The maximum absolute atomic E-state index is 6.63. The van der Waals surface area contributed by atoms with E-state index in [4.69, 9.17) is 9.40 Å². The van der Waals surface area contributed by atoms with Gasteiger partial charge in [0.25, 0.3) is 0 Å². The number of fused-ring (bicyclic) bond motifs is 7. The molecule has 0 aliphatic carbocycles. The molecule has 3 nitrogen and oxygen atoms in total. The molecule has 0 aliphatic heterocycles. The fourth-order valence-electron chi connectivity index (χ4n) is 7.48. The van der Waals surface area contributed by atoms with Crippen LogP contribution in [0.1, 0.15) is 0 Å². The molecule has 10 rings (SSSR count). The zero-order chi connectivity index (χ0) is 31.6. The fraction of sp³-hybridized carbons (Fsp3) is 0. The van der Waals surface area contributed by atoms with Crippen molar-refractivity contribution in [2.45, 2.75) is 0 Å². The van der Waals surface area contributed by atoms with Crippen molar-refractivity contribution in [3.8, 4) is 39.3 Å². The number of hydrogen-bond acceptors (Lipinski definition) is 2. The molecule has 7 aromatic carbocycles. The summed E-state index contributed by atoms with van der Waals surface area (Å²) in [5, 5.41) is 6.94. The number of nitrogens with zero attached hydrogens (tertiary/aromatic N) is 2. The van der Waals surface area contributed by atoms with Gasteiger partial charge in [-0.05, 0) is 52.9 Å². The molecule has 3 aromatic heterocycles. The van der Waals surface area contributed by atoms with Crippen LogP contribution in [-0.2, 0) is 0 Å². The van der Waals surface area contributed by atoms with Gasteiger partial charge in [0.2, 0.25) is 0 Å². The Hall–Kier alpha value is -6.45. The molecular weight excluding hydrogens is 585 g/mol. The third kappa shape index (κ3) is 4.04. The first kappa shape index (κ1) is 26.7. The quantitative estimate of drug-likeness (QED) is 0.198. The summed E-state index contributed by atoms with van der Waals surface area (Å²) in [4.78, 5) is 5.29. The first-order valence-corrected chi connectivity index (χ1v) is 16.3. The number of hydrogen-bond donors (Lipinski definition) is 0. The second-order valence-electron chi connectivity index (χ2n) is 12.3. The maximum Gasteiger partial charge on any atom is 0.137 e. The molecule has 0 spiro atoms. The van der Waals surface area contributed by atoms with E-state index >= 15 is 0 Å². The minimum atomic E-state index is 0.851. The van der Waals surface area contributed by atoms with Crippen molar-refractivity contribution >= 4 is 54.5 Å². The highest BCUT2D eigenvalue weighted by Crippen LogP contribution is 2.42. The zero-order valence-corrected chi connectivity index (χ0v) is 26.0. The SMILES string of the molecule is c1ccc(-c2nc(-c3cccc4oc5cc(-n6c7ccccc7c7c(-c8ccccc8)cccc76)ccc5c34)cc3ccccc23)cc1. The lowest BCUT2D eigenvalue weighted by molar-refractivity contribution is 0.668. The van der Waals surface area contributed by atoms with Crippen molar-refractivity contribution in [2.24, 2.45) is 0 Å². The van der Waals surface area contributed by atoms with Gasteiger partial charge >= 0.3 is 0 Å². The first-order chi connectivity index (χ1) is 23.8. The third-order valence-electron chi connectivity index (χ3n) is 9.58. The predicted octanol–water partition coefficient (Wildman–Crippen LogP) is 12.2. The molecule has 0 N–H and O–H groups in total. The van der Waals surface area contributed by atoms with E-state index in [1.54, 1.807) is 0 Å². The second kappa shape index (κ2) is 10.5. The van der Waals surface area contributed by atoms with Gasteiger partial charge in [-0.1, -0.05) is 127 Å². The average Bonchev–Trinajstić information content (AvgIpc) is 3.70. The van der Waals surface area contributed by atoms with Crippen LogP contribution >= 0.6 is 0 Å². The summed E-state index contributed by atoms with van der Waals surface area (Å²) < 4.78 is 8.99. The zero-order valence-electron chi connectivity index (χ0n) is 26.0. The lowest BCUT2D eigenvalue weighted by Gasteiger charge is -2.11. The van der Waals surface area contributed by atoms with Crippen LogP contribution in [0.4, 0.5) is 0 Å².